The summed E-state index contributed by atoms with van der Waals surface area (Å²) in [6, 6.07) is 13.7. The Morgan fingerprint density at radius 1 is 0.962 bits per heavy atom. The minimum atomic E-state index is -0.0173. The van der Waals surface area contributed by atoms with E-state index in [0.29, 0.717) is 0 Å². The number of nitrogens with zero attached hydrogens (tertiary/aromatic N) is 4. The van der Waals surface area contributed by atoms with Crippen LogP contribution in [-0.4, -0.2) is 31.2 Å². The van der Waals surface area contributed by atoms with E-state index in [1.807, 2.05) is 42.6 Å². The van der Waals surface area contributed by atoms with E-state index in [1.54, 1.807) is 23.1 Å². The van der Waals surface area contributed by atoms with Gasteiger partial charge in [0.05, 0.1) is 12.8 Å². The Hall–Kier alpha value is -3.25. The maximum absolute atomic E-state index is 9.60. The van der Waals surface area contributed by atoms with Crippen molar-refractivity contribution in [1.29, 1.82) is 0 Å². The topological polar surface area (TPSA) is 75.3 Å². The fourth-order valence-electron chi connectivity index (χ4n) is 3.02. The molecule has 130 valence electrons. The minimum absolute atomic E-state index is 0.0173. The van der Waals surface area contributed by atoms with Crippen LogP contribution < -0.4 is 5.32 Å². The van der Waals surface area contributed by atoms with Crippen molar-refractivity contribution in [1.82, 2.24) is 19.6 Å². The molecule has 3 heterocycles. The van der Waals surface area contributed by atoms with Crippen LogP contribution in [0.2, 0.25) is 0 Å². The second kappa shape index (κ2) is 7.33. The van der Waals surface area contributed by atoms with Crippen LogP contribution in [0.4, 0.5) is 5.82 Å². The lowest BCUT2D eigenvalue weighted by Gasteiger charge is -2.09. The first kappa shape index (κ1) is 16.2. The molecule has 0 unspecified atom stereocenters. The molecule has 0 saturated heterocycles. The third kappa shape index (κ3) is 3.14. The molecule has 26 heavy (non-hydrogen) atoms. The largest absolute Gasteiger partial charge is 0.392 e. The standard InChI is InChI=1S/C20H19N5O/c26-14-16-5-1-2-6-17(16)18-13-24-25-19(8-11-23-20(18)25)22-10-7-15-4-3-9-21-12-15/h1-6,8-9,11-13,22,26H,7,10,14H2. The van der Waals surface area contributed by atoms with Crippen LogP contribution in [-0.2, 0) is 13.0 Å². The van der Waals surface area contributed by atoms with Crippen LogP contribution in [0.5, 0.6) is 0 Å². The predicted molar refractivity (Wildman–Crippen MR) is 101 cm³/mol. The highest BCUT2D eigenvalue weighted by Crippen LogP contribution is 2.28. The first-order valence-corrected chi connectivity index (χ1v) is 8.51. The smallest absolute Gasteiger partial charge is 0.165 e. The Morgan fingerprint density at radius 2 is 1.88 bits per heavy atom. The number of hydrogen-bond acceptors (Lipinski definition) is 5. The predicted octanol–water partition coefficient (Wildman–Crippen LogP) is 2.94. The highest BCUT2D eigenvalue weighted by Gasteiger charge is 2.13. The SMILES string of the molecule is OCc1ccccc1-c1cnn2c(NCCc3cccnc3)ccnc12. The summed E-state index contributed by atoms with van der Waals surface area (Å²) < 4.78 is 1.80. The van der Waals surface area contributed by atoms with Gasteiger partial charge in [0.1, 0.15) is 5.82 Å². The Labute approximate surface area is 151 Å². The zero-order valence-corrected chi connectivity index (χ0v) is 14.2. The maximum Gasteiger partial charge on any atom is 0.165 e. The lowest BCUT2D eigenvalue weighted by atomic mass is 10.0. The average molecular weight is 345 g/mol. The Kier molecular flexibility index (Phi) is 4.57. The molecule has 1 aromatic carbocycles. The van der Waals surface area contributed by atoms with Gasteiger partial charge in [0.15, 0.2) is 5.65 Å². The molecule has 0 bridgehead atoms. The first-order valence-electron chi connectivity index (χ1n) is 8.51. The lowest BCUT2D eigenvalue weighted by Crippen LogP contribution is -2.09. The fraction of sp³-hybridized carbons (Fsp3) is 0.150. The molecule has 0 amide bonds. The van der Waals surface area contributed by atoms with Gasteiger partial charge in [-0.15, -0.1) is 0 Å². The van der Waals surface area contributed by atoms with Gasteiger partial charge in [-0.1, -0.05) is 30.3 Å². The van der Waals surface area contributed by atoms with E-state index >= 15 is 0 Å². The minimum Gasteiger partial charge on any atom is -0.392 e. The Balaban J connectivity index is 1.61. The molecule has 0 atom stereocenters. The van der Waals surface area contributed by atoms with E-state index in [1.165, 1.54) is 5.56 Å². The summed E-state index contributed by atoms with van der Waals surface area (Å²) >= 11 is 0. The molecular formula is C20H19N5O. The number of fused-ring (bicyclic) bond motifs is 1. The van der Waals surface area contributed by atoms with E-state index in [4.69, 9.17) is 0 Å². The van der Waals surface area contributed by atoms with Crippen molar-refractivity contribution in [3.05, 3.63) is 78.4 Å². The number of hydrogen-bond donors (Lipinski definition) is 2. The van der Waals surface area contributed by atoms with Gasteiger partial charge < -0.3 is 10.4 Å². The second-order valence-electron chi connectivity index (χ2n) is 5.98. The number of aromatic nitrogens is 4. The van der Waals surface area contributed by atoms with Crippen molar-refractivity contribution in [2.45, 2.75) is 13.0 Å². The number of pyridine rings is 1. The van der Waals surface area contributed by atoms with Crippen LogP contribution in [0.25, 0.3) is 16.8 Å². The molecule has 0 saturated carbocycles. The van der Waals surface area contributed by atoms with Gasteiger partial charge in [-0.25, -0.2) is 4.98 Å². The molecule has 2 N–H and O–H groups in total. The van der Waals surface area contributed by atoms with Gasteiger partial charge in [0, 0.05) is 30.7 Å². The molecule has 4 aromatic rings. The summed E-state index contributed by atoms with van der Waals surface area (Å²) in [7, 11) is 0. The Bertz CT molecular complexity index is 1010. The summed E-state index contributed by atoms with van der Waals surface area (Å²) in [5, 5.41) is 17.5. The van der Waals surface area contributed by atoms with Crippen molar-refractivity contribution in [3.63, 3.8) is 0 Å². The summed E-state index contributed by atoms with van der Waals surface area (Å²) in [6.45, 7) is 0.754. The van der Waals surface area contributed by atoms with Gasteiger partial charge in [-0.2, -0.15) is 9.61 Å². The highest BCUT2D eigenvalue weighted by molar-refractivity contribution is 5.80. The molecular weight excluding hydrogens is 326 g/mol. The van der Waals surface area contributed by atoms with Crippen LogP contribution in [0.3, 0.4) is 0 Å². The second-order valence-corrected chi connectivity index (χ2v) is 5.98. The molecule has 0 aliphatic carbocycles. The molecule has 0 fully saturated rings. The number of aliphatic hydroxyl groups excluding tert-OH is 1. The molecule has 6 heteroatoms. The van der Waals surface area contributed by atoms with Crippen molar-refractivity contribution in [2.75, 3.05) is 11.9 Å². The number of rotatable bonds is 6. The molecule has 6 nitrogen and oxygen atoms in total. The van der Waals surface area contributed by atoms with Gasteiger partial charge in [-0.05, 0) is 35.2 Å². The number of anilines is 1. The molecule has 0 spiro atoms. The zero-order chi connectivity index (χ0) is 17.8. The molecule has 4 rings (SSSR count). The third-order valence-electron chi connectivity index (χ3n) is 4.32. The normalized spacial score (nSPS) is 11.0. The maximum atomic E-state index is 9.60. The monoisotopic (exact) mass is 345 g/mol. The van der Waals surface area contributed by atoms with Crippen molar-refractivity contribution in [3.8, 4) is 11.1 Å². The molecule has 0 radical (unpaired) electrons. The zero-order valence-electron chi connectivity index (χ0n) is 14.2. The van der Waals surface area contributed by atoms with Crippen LogP contribution >= 0.6 is 0 Å². The number of benzene rings is 1. The van der Waals surface area contributed by atoms with E-state index in [2.05, 4.69) is 26.4 Å². The van der Waals surface area contributed by atoms with Gasteiger partial charge in [0.25, 0.3) is 0 Å². The molecule has 0 aliphatic heterocycles. The van der Waals surface area contributed by atoms with Crippen molar-refractivity contribution < 1.29 is 5.11 Å². The van der Waals surface area contributed by atoms with Crippen LogP contribution in [0.1, 0.15) is 11.1 Å². The van der Waals surface area contributed by atoms with Gasteiger partial charge in [-0.3, -0.25) is 4.98 Å². The van der Waals surface area contributed by atoms with Crippen LogP contribution in [0, 0.1) is 0 Å². The number of aliphatic hydroxyl groups is 1. The quantitative estimate of drug-likeness (QED) is 0.562. The summed E-state index contributed by atoms with van der Waals surface area (Å²) in [5.41, 5.74) is 4.66. The van der Waals surface area contributed by atoms with E-state index < -0.39 is 0 Å². The Morgan fingerprint density at radius 3 is 2.73 bits per heavy atom. The van der Waals surface area contributed by atoms with Crippen molar-refractivity contribution >= 4 is 11.5 Å². The van der Waals surface area contributed by atoms with E-state index in [-0.39, 0.29) is 6.61 Å². The summed E-state index contributed by atoms with van der Waals surface area (Å²) in [4.78, 5) is 8.63. The van der Waals surface area contributed by atoms with E-state index in [9.17, 15) is 5.11 Å². The van der Waals surface area contributed by atoms with E-state index in [0.717, 1.165) is 41.1 Å². The summed E-state index contributed by atoms with van der Waals surface area (Å²) in [5.74, 6) is 0.881. The third-order valence-corrected chi connectivity index (χ3v) is 4.32. The van der Waals surface area contributed by atoms with Gasteiger partial charge >= 0.3 is 0 Å². The first-order chi connectivity index (χ1) is 12.9. The van der Waals surface area contributed by atoms with Gasteiger partial charge in [0.2, 0.25) is 0 Å². The summed E-state index contributed by atoms with van der Waals surface area (Å²) in [6.07, 6.45) is 8.09. The fourth-order valence-corrected chi connectivity index (χ4v) is 3.02. The lowest BCUT2D eigenvalue weighted by molar-refractivity contribution is 0.282. The van der Waals surface area contributed by atoms with Crippen LogP contribution in [0.15, 0.2) is 67.3 Å². The van der Waals surface area contributed by atoms with Crippen molar-refractivity contribution in [2.24, 2.45) is 0 Å². The molecule has 0 aliphatic rings. The average Bonchev–Trinajstić information content (AvgIpc) is 3.13. The number of nitrogens with one attached hydrogen (secondary N) is 1. The highest BCUT2D eigenvalue weighted by atomic mass is 16.3. The molecule has 3 aromatic heterocycles.